The molecule has 1 aromatic heterocycles. The number of para-hydroxylation sites is 1. The first-order chi connectivity index (χ1) is 17.0. The molecule has 1 aliphatic heterocycles. The van der Waals surface area contributed by atoms with Gasteiger partial charge in [-0.15, -0.1) is 0 Å². The number of nitrogens with zero attached hydrogens (tertiary/aromatic N) is 3. The van der Waals surface area contributed by atoms with Gasteiger partial charge in [0.1, 0.15) is 17.3 Å². The molecule has 1 fully saturated rings. The number of amides is 2. The lowest BCUT2D eigenvalue weighted by Crippen LogP contribution is -2.49. The third-order valence-electron chi connectivity index (χ3n) is 6.31. The molecule has 3 aromatic rings. The molecule has 182 valence electrons. The molecule has 0 unspecified atom stereocenters. The summed E-state index contributed by atoms with van der Waals surface area (Å²) in [5.41, 5.74) is 1.45. The number of aromatic nitrogens is 1. The molecule has 0 saturated carbocycles. The van der Waals surface area contributed by atoms with Crippen LogP contribution < -0.4 is 24.0 Å². The number of methoxy groups -OCH3 is 3. The Kier molecular flexibility index (Phi) is 7.19. The van der Waals surface area contributed by atoms with Crippen LogP contribution >= 0.6 is 0 Å². The summed E-state index contributed by atoms with van der Waals surface area (Å²) in [6.45, 7) is 0. The molecule has 2 amide bonds. The average molecular weight is 476 g/mol. The summed E-state index contributed by atoms with van der Waals surface area (Å²) in [5.74, 6) is 1.46. The first-order valence-electron chi connectivity index (χ1n) is 11.4. The number of rotatable bonds is 7. The molecule has 2 atom stereocenters. The Morgan fingerprint density at radius 2 is 1.69 bits per heavy atom. The van der Waals surface area contributed by atoms with Crippen molar-refractivity contribution in [3.05, 3.63) is 72.3 Å². The average Bonchev–Trinajstić information content (AvgIpc) is 2.92. The van der Waals surface area contributed by atoms with Crippen LogP contribution in [0, 0.1) is 5.92 Å². The Hall–Kier alpha value is -4.07. The van der Waals surface area contributed by atoms with Crippen LogP contribution in [0.2, 0.25) is 0 Å². The van der Waals surface area contributed by atoms with E-state index in [1.165, 1.54) is 12.0 Å². The highest BCUT2D eigenvalue weighted by Crippen LogP contribution is 2.44. The predicted octanol–water partition coefficient (Wildman–Crippen LogP) is 4.25. The minimum Gasteiger partial charge on any atom is -0.497 e. The number of ether oxygens (including phenoxy) is 3. The van der Waals surface area contributed by atoms with Gasteiger partial charge in [0.15, 0.2) is 0 Å². The van der Waals surface area contributed by atoms with Gasteiger partial charge in [0.25, 0.3) is 0 Å². The summed E-state index contributed by atoms with van der Waals surface area (Å²) in [4.78, 5) is 34.9. The maximum absolute atomic E-state index is 13.9. The van der Waals surface area contributed by atoms with E-state index in [1.807, 2.05) is 36.4 Å². The smallest absolute Gasteiger partial charge is 0.233 e. The minimum atomic E-state index is -0.568. The molecule has 0 radical (unpaired) electrons. The maximum Gasteiger partial charge on any atom is 0.233 e. The van der Waals surface area contributed by atoms with Crippen molar-refractivity contribution in [2.75, 3.05) is 38.2 Å². The number of hydrogen-bond donors (Lipinski definition) is 0. The second-order valence-corrected chi connectivity index (χ2v) is 8.23. The van der Waals surface area contributed by atoms with Crippen molar-refractivity contribution >= 4 is 23.3 Å². The third-order valence-corrected chi connectivity index (χ3v) is 6.31. The second-order valence-electron chi connectivity index (χ2n) is 8.23. The number of pyridine rings is 1. The van der Waals surface area contributed by atoms with Crippen molar-refractivity contribution in [3.8, 4) is 17.4 Å². The van der Waals surface area contributed by atoms with Crippen LogP contribution in [0.1, 0.15) is 24.4 Å². The fraction of sp³-hybridized carbons (Fsp3) is 0.296. The van der Waals surface area contributed by atoms with E-state index in [0.29, 0.717) is 35.3 Å². The molecule has 8 heteroatoms. The maximum atomic E-state index is 13.9. The zero-order chi connectivity index (χ0) is 24.9. The number of benzene rings is 2. The van der Waals surface area contributed by atoms with Gasteiger partial charge in [-0.05, 0) is 42.8 Å². The summed E-state index contributed by atoms with van der Waals surface area (Å²) in [6, 6.07) is 19.5. The fourth-order valence-corrected chi connectivity index (χ4v) is 4.53. The Morgan fingerprint density at radius 3 is 2.37 bits per heavy atom. The normalized spacial score (nSPS) is 17.6. The van der Waals surface area contributed by atoms with E-state index in [9.17, 15) is 9.59 Å². The largest absolute Gasteiger partial charge is 0.497 e. The molecule has 1 aliphatic rings. The topological polar surface area (TPSA) is 81.2 Å². The summed E-state index contributed by atoms with van der Waals surface area (Å²) in [7, 11) is 6.41. The Bertz CT molecular complexity index is 1200. The van der Waals surface area contributed by atoms with Crippen molar-refractivity contribution in [1.29, 1.82) is 0 Å². The van der Waals surface area contributed by atoms with Gasteiger partial charge in [-0.25, -0.2) is 0 Å². The van der Waals surface area contributed by atoms with Crippen molar-refractivity contribution in [2.45, 2.75) is 18.9 Å². The van der Waals surface area contributed by atoms with Gasteiger partial charge in [0.2, 0.25) is 17.7 Å². The SMILES string of the molecule is COc1ccc(N2C(=O)CC[C@H](C(=O)N(C)c3cccc(OC)n3)[C@H]2c2ccccc2OC)cc1. The van der Waals surface area contributed by atoms with E-state index in [2.05, 4.69) is 4.98 Å². The van der Waals surface area contributed by atoms with Crippen LogP contribution in [-0.2, 0) is 9.59 Å². The molecule has 0 spiro atoms. The van der Waals surface area contributed by atoms with Gasteiger partial charge in [0.05, 0.1) is 33.3 Å². The number of carbonyl (C=O) groups is 2. The van der Waals surface area contributed by atoms with Gasteiger partial charge in [-0.1, -0.05) is 24.3 Å². The van der Waals surface area contributed by atoms with Crippen LogP contribution in [-0.4, -0.2) is 45.2 Å². The quantitative estimate of drug-likeness (QED) is 0.508. The molecular formula is C27H29N3O5. The summed E-state index contributed by atoms with van der Waals surface area (Å²) >= 11 is 0. The van der Waals surface area contributed by atoms with Crippen molar-refractivity contribution < 1.29 is 23.8 Å². The highest BCUT2D eigenvalue weighted by atomic mass is 16.5. The zero-order valence-corrected chi connectivity index (χ0v) is 20.3. The standard InChI is InChI=1S/C27H29N3O5/c1-29(23-10-7-11-24(28-23)35-4)27(32)21-16-17-25(31)30(18-12-14-19(33-2)15-13-18)26(21)20-8-5-6-9-22(20)34-3/h5-15,21,26H,16-17H2,1-4H3/t21-,26+/m0/s1. The summed E-state index contributed by atoms with van der Waals surface area (Å²) < 4.78 is 16.2. The number of hydrogen-bond acceptors (Lipinski definition) is 6. The van der Waals surface area contributed by atoms with Gasteiger partial charge >= 0.3 is 0 Å². The number of carbonyl (C=O) groups excluding carboxylic acids is 2. The Labute approximate surface area is 205 Å². The molecule has 0 N–H and O–H groups in total. The molecule has 4 rings (SSSR count). The van der Waals surface area contributed by atoms with Crippen LogP contribution in [0.25, 0.3) is 0 Å². The lowest BCUT2D eigenvalue weighted by Gasteiger charge is -2.42. The molecule has 8 nitrogen and oxygen atoms in total. The van der Waals surface area contributed by atoms with E-state index < -0.39 is 12.0 Å². The number of piperidine rings is 1. The lowest BCUT2D eigenvalue weighted by molar-refractivity contribution is -0.127. The Morgan fingerprint density at radius 1 is 0.943 bits per heavy atom. The second kappa shape index (κ2) is 10.5. The molecule has 2 heterocycles. The predicted molar refractivity (Wildman–Crippen MR) is 133 cm³/mol. The molecule has 2 aromatic carbocycles. The molecular weight excluding hydrogens is 446 g/mol. The number of anilines is 2. The van der Waals surface area contributed by atoms with E-state index in [0.717, 1.165) is 5.56 Å². The van der Waals surface area contributed by atoms with E-state index in [1.54, 1.807) is 56.5 Å². The summed E-state index contributed by atoms with van der Waals surface area (Å²) in [5, 5.41) is 0. The van der Waals surface area contributed by atoms with E-state index >= 15 is 0 Å². The van der Waals surface area contributed by atoms with Gasteiger partial charge in [-0.3, -0.25) is 14.5 Å². The van der Waals surface area contributed by atoms with Crippen LogP contribution in [0.3, 0.4) is 0 Å². The monoisotopic (exact) mass is 475 g/mol. The van der Waals surface area contributed by atoms with Crippen LogP contribution in [0.5, 0.6) is 17.4 Å². The lowest BCUT2D eigenvalue weighted by atomic mass is 9.82. The van der Waals surface area contributed by atoms with Gasteiger partial charge in [0, 0.05) is 30.8 Å². The van der Waals surface area contributed by atoms with Crippen molar-refractivity contribution in [2.24, 2.45) is 5.92 Å². The first kappa shape index (κ1) is 24.1. The van der Waals surface area contributed by atoms with E-state index in [-0.39, 0.29) is 18.2 Å². The molecule has 0 bridgehead atoms. The van der Waals surface area contributed by atoms with E-state index in [4.69, 9.17) is 14.2 Å². The van der Waals surface area contributed by atoms with Crippen molar-refractivity contribution in [1.82, 2.24) is 4.98 Å². The van der Waals surface area contributed by atoms with Crippen LogP contribution in [0.4, 0.5) is 11.5 Å². The fourth-order valence-electron chi connectivity index (χ4n) is 4.53. The Balaban J connectivity index is 1.79. The van der Waals surface area contributed by atoms with Crippen molar-refractivity contribution in [3.63, 3.8) is 0 Å². The van der Waals surface area contributed by atoms with Crippen LogP contribution in [0.15, 0.2) is 66.7 Å². The van der Waals surface area contributed by atoms with Gasteiger partial charge in [-0.2, -0.15) is 4.98 Å². The minimum absolute atomic E-state index is 0.0581. The summed E-state index contributed by atoms with van der Waals surface area (Å²) in [6.07, 6.45) is 0.648. The molecule has 35 heavy (non-hydrogen) atoms. The highest BCUT2D eigenvalue weighted by molar-refractivity contribution is 6.01. The first-order valence-corrected chi connectivity index (χ1v) is 11.4. The highest BCUT2D eigenvalue weighted by Gasteiger charge is 2.44. The molecule has 0 aliphatic carbocycles. The zero-order valence-electron chi connectivity index (χ0n) is 20.3. The third kappa shape index (κ3) is 4.77. The van der Waals surface area contributed by atoms with Gasteiger partial charge < -0.3 is 19.1 Å². The molecule has 1 saturated heterocycles.